The van der Waals surface area contributed by atoms with Crippen molar-refractivity contribution in [2.45, 2.75) is 51.5 Å². The molecule has 4 heteroatoms. The minimum absolute atomic E-state index is 0.628. The normalized spacial score (nSPS) is 25.1. The number of aryl methyl sites for hydroxylation is 2. The number of rotatable bonds is 3. The Hall–Kier alpha value is -0.540. The third-order valence-corrected chi connectivity index (χ3v) is 4.74. The number of hydrogen-bond donors (Lipinski definition) is 1. The maximum atomic E-state index is 6.35. The first-order valence-electron chi connectivity index (χ1n) is 6.98. The summed E-state index contributed by atoms with van der Waals surface area (Å²) >= 11 is 6.35. The third-order valence-electron chi connectivity index (χ3n) is 4.27. The fourth-order valence-corrected chi connectivity index (χ4v) is 3.43. The monoisotopic (exact) mass is 269 g/mol. The molecule has 2 unspecified atom stereocenters. The number of nitrogens with one attached hydrogen (secondary N) is 1. The number of aromatic nitrogens is 2. The van der Waals surface area contributed by atoms with E-state index in [9.17, 15) is 0 Å². The summed E-state index contributed by atoms with van der Waals surface area (Å²) in [7, 11) is 4.00. The zero-order valence-electron chi connectivity index (χ0n) is 11.7. The van der Waals surface area contributed by atoms with Gasteiger partial charge in [0.15, 0.2) is 0 Å². The Morgan fingerprint density at radius 3 is 2.67 bits per heavy atom. The van der Waals surface area contributed by atoms with E-state index in [2.05, 4.69) is 24.4 Å². The summed E-state index contributed by atoms with van der Waals surface area (Å²) < 4.78 is 1.79. The molecule has 1 aromatic heterocycles. The Bertz CT molecular complexity index is 400. The molecule has 2 rings (SSSR count). The predicted molar refractivity (Wildman–Crippen MR) is 76.1 cm³/mol. The van der Waals surface area contributed by atoms with Gasteiger partial charge < -0.3 is 5.32 Å². The van der Waals surface area contributed by atoms with Crippen LogP contribution in [0.1, 0.15) is 43.4 Å². The summed E-state index contributed by atoms with van der Waals surface area (Å²) in [6.07, 6.45) is 7.72. The van der Waals surface area contributed by atoms with Gasteiger partial charge in [-0.1, -0.05) is 30.9 Å². The van der Waals surface area contributed by atoms with Crippen molar-refractivity contribution in [2.24, 2.45) is 13.0 Å². The van der Waals surface area contributed by atoms with Gasteiger partial charge in [-0.15, -0.1) is 0 Å². The molecule has 1 aliphatic carbocycles. The highest BCUT2D eigenvalue weighted by molar-refractivity contribution is 6.30. The standard InChI is InChI=1S/C14H24ClN3/c1-10-12(14(15)18(3)17-10)9-11-7-5-4-6-8-13(11)16-2/h11,13,16H,4-9H2,1-3H3. The van der Waals surface area contributed by atoms with Crippen molar-refractivity contribution in [3.8, 4) is 0 Å². The number of nitrogens with zero attached hydrogens (tertiary/aromatic N) is 2. The van der Waals surface area contributed by atoms with E-state index in [0.29, 0.717) is 12.0 Å². The second-order valence-electron chi connectivity index (χ2n) is 5.48. The molecule has 0 bridgehead atoms. The lowest BCUT2D eigenvalue weighted by Gasteiger charge is -2.24. The molecular formula is C14H24ClN3. The largest absolute Gasteiger partial charge is 0.317 e. The molecule has 2 atom stereocenters. The highest BCUT2D eigenvalue weighted by Gasteiger charge is 2.25. The molecule has 1 heterocycles. The molecule has 18 heavy (non-hydrogen) atoms. The van der Waals surface area contributed by atoms with E-state index < -0.39 is 0 Å². The zero-order valence-corrected chi connectivity index (χ0v) is 12.4. The van der Waals surface area contributed by atoms with Crippen molar-refractivity contribution < 1.29 is 0 Å². The van der Waals surface area contributed by atoms with Crippen LogP contribution in [0, 0.1) is 12.8 Å². The van der Waals surface area contributed by atoms with Gasteiger partial charge in [-0.2, -0.15) is 5.10 Å². The fraction of sp³-hybridized carbons (Fsp3) is 0.786. The lowest BCUT2D eigenvalue weighted by Crippen LogP contribution is -2.34. The number of halogens is 1. The molecule has 1 aromatic rings. The molecule has 0 aromatic carbocycles. The first kappa shape index (κ1) is 13.9. The summed E-state index contributed by atoms with van der Waals surface area (Å²) in [6, 6.07) is 0.628. The van der Waals surface area contributed by atoms with Crippen LogP contribution >= 0.6 is 11.6 Å². The van der Waals surface area contributed by atoms with Crippen LogP contribution in [0.4, 0.5) is 0 Å². The smallest absolute Gasteiger partial charge is 0.130 e. The van der Waals surface area contributed by atoms with Gasteiger partial charge in [0.05, 0.1) is 5.69 Å². The lowest BCUT2D eigenvalue weighted by atomic mass is 9.88. The van der Waals surface area contributed by atoms with E-state index in [1.165, 1.54) is 37.7 Å². The Kier molecular flexibility index (Phi) is 4.68. The maximum Gasteiger partial charge on any atom is 0.130 e. The predicted octanol–water partition coefficient (Wildman–Crippen LogP) is 3.09. The molecule has 0 amide bonds. The van der Waals surface area contributed by atoms with Gasteiger partial charge in [-0.05, 0) is 39.2 Å². The Morgan fingerprint density at radius 2 is 2.06 bits per heavy atom. The molecule has 0 saturated heterocycles. The van der Waals surface area contributed by atoms with Crippen molar-refractivity contribution in [3.05, 3.63) is 16.4 Å². The first-order chi connectivity index (χ1) is 8.63. The second-order valence-corrected chi connectivity index (χ2v) is 5.83. The molecule has 0 radical (unpaired) electrons. The summed E-state index contributed by atoms with van der Waals surface area (Å²) in [4.78, 5) is 0. The highest BCUT2D eigenvalue weighted by atomic mass is 35.5. The van der Waals surface area contributed by atoms with Crippen molar-refractivity contribution in [1.82, 2.24) is 15.1 Å². The molecule has 1 fully saturated rings. The van der Waals surface area contributed by atoms with Crippen molar-refractivity contribution in [3.63, 3.8) is 0 Å². The van der Waals surface area contributed by atoms with Gasteiger partial charge in [0.25, 0.3) is 0 Å². The summed E-state index contributed by atoms with van der Waals surface area (Å²) in [6.45, 7) is 2.06. The van der Waals surface area contributed by atoms with E-state index in [1.54, 1.807) is 4.68 Å². The van der Waals surface area contributed by atoms with Crippen molar-refractivity contribution in [1.29, 1.82) is 0 Å². The molecule has 102 valence electrons. The van der Waals surface area contributed by atoms with Crippen LogP contribution < -0.4 is 5.32 Å². The average molecular weight is 270 g/mol. The van der Waals surface area contributed by atoms with Crippen molar-refractivity contribution >= 4 is 11.6 Å². The minimum Gasteiger partial charge on any atom is -0.317 e. The van der Waals surface area contributed by atoms with Gasteiger partial charge in [0.2, 0.25) is 0 Å². The van der Waals surface area contributed by atoms with E-state index >= 15 is 0 Å². The number of hydrogen-bond acceptors (Lipinski definition) is 2. The van der Waals surface area contributed by atoms with Crippen LogP contribution in [0.15, 0.2) is 0 Å². The van der Waals surface area contributed by atoms with Gasteiger partial charge >= 0.3 is 0 Å². The molecule has 3 nitrogen and oxygen atoms in total. The van der Waals surface area contributed by atoms with Crippen LogP contribution in [0.25, 0.3) is 0 Å². The SMILES string of the molecule is CNC1CCCCCC1Cc1c(C)nn(C)c1Cl. The minimum atomic E-state index is 0.628. The second kappa shape index (κ2) is 6.07. The van der Waals surface area contributed by atoms with Gasteiger partial charge in [-0.3, -0.25) is 4.68 Å². The molecule has 0 aliphatic heterocycles. The Balaban J connectivity index is 2.15. The van der Waals surface area contributed by atoms with Gasteiger partial charge in [0.1, 0.15) is 5.15 Å². The maximum absolute atomic E-state index is 6.35. The molecule has 1 aliphatic rings. The van der Waals surface area contributed by atoms with Gasteiger partial charge in [0, 0.05) is 18.7 Å². The molecule has 0 spiro atoms. The van der Waals surface area contributed by atoms with Crippen LogP contribution in [-0.4, -0.2) is 22.9 Å². The van der Waals surface area contributed by atoms with E-state index in [4.69, 9.17) is 11.6 Å². The van der Waals surface area contributed by atoms with Gasteiger partial charge in [-0.25, -0.2) is 0 Å². The summed E-state index contributed by atoms with van der Waals surface area (Å²) in [5.74, 6) is 0.692. The Morgan fingerprint density at radius 1 is 1.33 bits per heavy atom. The zero-order chi connectivity index (χ0) is 13.1. The Labute approximate surface area is 115 Å². The first-order valence-corrected chi connectivity index (χ1v) is 7.36. The molecule has 1 N–H and O–H groups in total. The quantitative estimate of drug-likeness (QED) is 0.855. The highest BCUT2D eigenvalue weighted by Crippen LogP contribution is 2.30. The van der Waals surface area contributed by atoms with Crippen LogP contribution in [0.3, 0.4) is 0 Å². The van der Waals surface area contributed by atoms with Crippen LogP contribution in [-0.2, 0) is 13.5 Å². The third kappa shape index (κ3) is 2.89. The van der Waals surface area contributed by atoms with E-state index in [0.717, 1.165) is 17.3 Å². The molecular weight excluding hydrogens is 246 g/mol. The lowest BCUT2D eigenvalue weighted by molar-refractivity contribution is 0.350. The van der Waals surface area contributed by atoms with Crippen LogP contribution in [0.2, 0.25) is 5.15 Å². The molecule has 1 saturated carbocycles. The fourth-order valence-electron chi connectivity index (χ4n) is 3.18. The van der Waals surface area contributed by atoms with Crippen molar-refractivity contribution in [2.75, 3.05) is 7.05 Å². The summed E-state index contributed by atoms with van der Waals surface area (Å²) in [5, 5.41) is 8.72. The average Bonchev–Trinajstić information content (AvgIpc) is 2.56. The van der Waals surface area contributed by atoms with E-state index in [-0.39, 0.29) is 0 Å². The topological polar surface area (TPSA) is 29.9 Å². The van der Waals surface area contributed by atoms with E-state index in [1.807, 2.05) is 7.05 Å². The van der Waals surface area contributed by atoms with Crippen LogP contribution in [0.5, 0.6) is 0 Å². The summed E-state index contributed by atoms with van der Waals surface area (Å²) in [5.41, 5.74) is 2.33.